The molecule has 2 aromatic rings. The van der Waals surface area contributed by atoms with Crippen LogP contribution in [0, 0.1) is 0 Å². The van der Waals surface area contributed by atoms with E-state index in [9.17, 15) is 4.79 Å². The van der Waals surface area contributed by atoms with Crippen molar-refractivity contribution in [1.29, 1.82) is 0 Å². The van der Waals surface area contributed by atoms with Crippen molar-refractivity contribution in [2.45, 2.75) is 19.4 Å². The smallest absolute Gasteiger partial charge is 0.224 e. The molecule has 1 amide bonds. The molecule has 3 rings (SSSR count). The van der Waals surface area contributed by atoms with E-state index in [1.54, 1.807) is 0 Å². The molecule has 1 N–H and O–H groups in total. The van der Waals surface area contributed by atoms with E-state index in [0.717, 1.165) is 25.2 Å². The number of benzene rings is 2. The summed E-state index contributed by atoms with van der Waals surface area (Å²) >= 11 is 5.85. The summed E-state index contributed by atoms with van der Waals surface area (Å²) in [5.41, 5.74) is 3.62. The van der Waals surface area contributed by atoms with Gasteiger partial charge in [-0.15, -0.1) is 0 Å². The van der Waals surface area contributed by atoms with Crippen molar-refractivity contribution >= 4 is 23.2 Å². The van der Waals surface area contributed by atoms with Gasteiger partial charge in [-0.3, -0.25) is 4.79 Å². The molecule has 1 aliphatic heterocycles. The normalized spacial score (nSPS) is 13.6. The lowest BCUT2D eigenvalue weighted by Gasteiger charge is -2.29. The SMILES string of the molecule is O=C(CCNc1ccc(Cl)cc1)N1CCc2ccccc2C1. The highest BCUT2D eigenvalue weighted by molar-refractivity contribution is 6.30. The third kappa shape index (κ3) is 3.60. The minimum absolute atomic E-state index is 0.205. The van der Waals surface area contributed by atoms with Gasteiger partial charge < -0.3 is 10.2 Å². The average molecular weight is 315 g/mol. The Balaban J connectivity index is 1.50. The number of fused-ring (bicyclic) bond motifs is 1. The summed E-state index contributed by atoms with van der Waals surface area (Å²) < 4.78 is 0. The summed E-state index contributed by atoms with van der Waals surface area (Å²) in [6.45, 7) is 2.19. The highest BCUT2D eigenvalue weighted by Gasteiger charge is 2.19. The molecule has 0 aromatic heterocycles. The van der Waals surface area contributed by atoms with Crippen molar-refractivity contribution in [2.24, 2.45) is 0 Å². The molecule has 2 aromatic carbocycles. The fourth-order valence-corrected chi connectivity index (χ4v) is 2.87. The fourth-order valence-electron chi connectivity index (χ4n) is 2.75. The monoisotopic (exact) mass is 314 g/mol. The largest absolute Gasteiger partial charge is 0.385 e. The third-order valence-corrected chi connectivity index (χ3v) is 4.25. The molecule has 3 nitrogen and oxygen atoms in total. The summed E-state index contributed by atoms with van der Waals surface area (Å²) in [5, 5.41) is 3.97. The van der Waals surface area contributed by atoms with Gasteiger partial charge in [-0.1, -0.05) is 35.9 Å². The summed E-state index contributed by atoms with van der Waals surface area (Å²) in [6.07, 6.45) is 1.46. The van der Waals surface area contributed by atoms with E-state index in [-0.39, 0.29) is 5.91 Å². The van der Waals surface area contributed by atoms with Crippen LogP contribution in [-0.4, -0.2) is 23.9 Å². The first-order chi connectivity index (χ1) is 10.7. The maximum Gasteiger partial charge on any atom is 0.224 e. The van der Waals surface area contributed by atoms with Crippen molar-refractivity contribution < 1.29 is 4.79 Å². The third-order valence-electron chi connectivity index (χ3n) is 4.00. The number of carbonyl (C=O) groups excluding carboxylic acids is 1. The zero-order valence-corrected chi connectivity index (χ0v) is 13.1. The van der Waals surface area contributed by atoms with Gasteiger partial charge in [0, 0.05) is 36.8 Å². The number of hydrogen-bond donors (Lipinski definition) is 1. The molecule has 0 unspecified atom stereocenters. The zero-order valence-electron chi connectivity index (χ0n) is 12.4. The molecular formula is C18H19ClN2O. The Hall–Kier alpha value is -2.00. The molecule has 0 fully saturated rings. The van der Waals surface area contributed by atoms with Crippen LogP contribution in [0.3, 0.4) is 0 Å². The van der Waals surface area contributed by atoms with E-state index >= 15 is 0 Å². The summed E-state index contributed by atoms with van der Waals surface area (Å²) in [6, 6.07) is 15.9. The first kappa shape index (κ1) is 14.9. The predicted molar refractivity (Wildman–Crippen MR) is 90.1 cm³/mol. The molecule has 0 saturated carbocycles. The standard InChI is InChI=1S/C18H19ClN2O/c19-16-5-7-17(8-6-16)20-11-9-18(22)21-12-10-14-3-1-2-4-15(14)13-21/h1-8,20H,9-13H2. The molecule has 0 spiro atoms. The molecule has 0 aliphatic carbocycles. The molecule has 1 aliphatic rings. The van der Waals surface area contributed by atoms with Gasteiger partial charge in [0.15, 0.2) is 0 Å². The van der Waals surface area contributed by atoms with Gasteiger partial charge in [-0.05, 0) is 41.8 Å². The highest BCUT2D eigenvalue weighted by Crippen LogP contribution is 2.19. The Kier molecular flexibility index (Phi) is 4.64. The predicted octanol–water partition coefficient (Wildman–Crippen LogP) is 3.73. The van der Waals surface area contributed by atoms with Crippen LogP contribution in [0.15, 0.2) is 48.5 Å². The van der Waals surface area contributed by atoms with Crippen molar-refractivity contribution in [3.63, 3.8) is 0 Å². The van der Waals surface area contributed by atoms with Crippen molar-refractivity contribution in [2.75, 3.05) is 18.4 Å². The quantitative estimate of drug-likeness (QED) is 0.932. The second-order valence-electron chi connectivity index (χ2n) is 5.52. The fraction of sp³-hybridized carbons (Fsp3) is 0.278. The summed E-state index contributed by atoms with van der Waals surface area (Å²) in [7, 11) is 0. The molecule has 114 valence electrons. The van der Waals surface area contributed by atoms with Crippen molar-refractivity contribution in [3.8, 4) is 0 Å². The van der Waals surface area contributed by atoms with Gasteiger partial charge in [-0.25, -0.2) is 0 Å². The molecule has 0 saturated heterocycles. The maximum atomic E-state index is 12.3. The lowest BCUT2D eigenvalue weighted by molar-refractivity contribution is -0.131. The van der Waals surface area contributed by atoms with Crippen LogP contribution in [0.5, 0.6) is 0 Å². The van der Waals surface area contributed by atoms with Crippen LogP contribution < -0.4 is 5.32 Å². The summed E-state index contributed by atoms with van der Waals surface area (Å²) in [4.78, 5) is 14.3. The number of amides is 1. The van der Waals surface area contributed by atoms with E-state index < -0.39 is 0 Å². The lowest BCUT2D eigenvalue weighted by atomic mass is 10.00. The number of nitrogens with zero attached hydrogens (tertiary/aromatic N) is 1. The summed E-state index contributed by atoms with van der Waals surface area (Å²) in [5.74, 6) is 0.205. The molecule has 0 radical (unpaired) electrons. The number of hydrogen-bond acceptors (Lipinski definition) is 2. The molecule has 0 atom stereocenters. The van der Waals surface area contributed by atoms with Crippen LogP contribution in [0.2, 0.25) is 5.02 Å². The highest BCUT2D eigenvalue weighted by atomic mass is 35.5. The molecule has 1 heterocycles. The Morgan fingerprint density at radius 1 is 1.09 bits per heavy atom. The van der Waals surface area contributed by atoms with Gasteiger partial charge >= 0.3 is 0 Å². The van der Waals surface area contributed by atoms with Gasteiger partial charge in [-0.2, -0.15) is 0 Å². The topological polar surface area (TPSA) is 32.3 Å². The van der Waals surface area contributed by atoms with Gasteiger partial charge in [0.25, 0.3) is 0 Å². The average Bonchev–Trinajstić information content (AvgIpc) is 2.56. The lowest BCUT2D eigenvalue weighted by Crippen LogP contribution is -2.36. The minimum atomic E-state index is 0.205. The van der Waals surface area contributed by atoms with E-state index in [4.69, 9.17) is 11.6 Å². The van der Waals surface area contributed by atoms with Gasteiger partial charge in [0.1, 0.15) is 0 Å². The molecule has 0 bridgehead atoms. The first-order valence-electron chi connectivity index (χ1n) is 7.56. The van der Waals surface area contributed by atoms with Crippen LogP contribution in [0.4, 0.5) is 5.69 Å². The molecule has 22 heavy (non-hydrogen) atoms. The van der Waals surface area contributed by atoms with Crippen molar-refractivity contribution in [3.05, 3.63) is 64.7 Å². The van der Waals surface area contributed by atoms with Crippen LogP contribution in [-0.2, 0) is 17.8 Å². The van der Waals surface area contributed by atoms with E-state index in [2.05, 4.69) is 23.5 Å². The number of nitrogens with one attached hydrogen (secondary N) is 1. The number of rotatable bonds is 4. The Bertz CT molecular complexity index is 654. The van der Waals surface area contributed by atoms with Crippen LogP contribution in [0.1, 0.15) is 17.5 Å². The second kappa shape index (κ2) is 6.84. The van der Waals surface area contributed by atoms with Crippen LogP contribution in [0.25, 0.3) is 0 Å². The Labute approximate surface area is 135 Å². The number of halogens is 1. The zero-order chi connectivity index (χ0) is 15.4. The Morgan fingerprint density at radius 3 is 2.59 bits per heavy atom. The minimum Gasteiger partial charge on any atom is -0.385 e. The van der Waals surface area contributed by atoms with Gasteiger partial charge in [0.2, 0.25) is 5.91 Å². The maximum absolute atomic E-state index is 12.3. The number of carbonyl (C=O) groups is 1. The molecular weight excluding hydrogens is 296 g/mol. The van der Waals surface area contributed by atoms with E-state index in [1.807, 2.05) is 35.2 Å². The van der Waals surface area contributed by atoms with E-state index in [1.165, 1.54) is 11.1 Å². The molecule has 4 heteroatoms. The van der Waals surface area contributed by atoms with Crippen LogP contribution >= 0.6 is 11.6 Å². The number of anilines is 1. The first-order valence-corrected chi connectivity index (χ1v) is 7.94. The Morgan fingerprint density at radius 2 is 1.82 bits per heavy atom. The van der Waals surface area contributed by atoms with Crippen molar-refractivity contribution in [1.82, 2.24) is 4.90 Å². The van der Waals surface area contributed by atoms with Gasteiger partial charge in [0.05, 0.1) is 0 Å². The van der Waals surface area contributed by atoms with E-state index in [0.29, 0.717) is 18.0 Å². The second-order valence-corrected chi connectivity index (χ2v) is 5.95.